The van der Waals surface area contributed by atoms with E-state index in [-0.39, 0.29) is 39.3 Å². The number of Topliss-reactive ketones (excluding diaryl/α,β-unsaturated/α-hetero) is 1. The van der Waals surface area contributed by atoms with E-state index in [0.717, 1.165) is 10.5 Å². The van der Waals surface area contributed by atoms with Crippen LogP contribution < -0.4 is 4.90 Å². The SMILES string of the molecule is CCOC(=O)c1nn(-c2ccc(C)cc2)c(C)c1C(=O)C1=NO[C@@H]2C(=O)N(c3cc(Cl)ccc3Cl)C(=O)[C@H]12. The summed E-state index contributed by atoms with van der Waals surface area (Å²) in [6, 6.07) is 11.6. The van der Waals surface area contributed by atoms with E-state index < -0.39 is 35.6 Å². The predicted molar refractivity (Wildman–Crippen MR) is 138 cm³/mol. The van der Waals surface area contributed by atoms with Crippen molar-refractivity contribution in [1.29, 1.82) is 0 Å². The molecule has 3 heterocycles. The number of fused-ring (bicyclic) bond motifs is 1. The first-order valence-corrected chi connectivity index (χ1v) is 12.3. The molecule has 0 bridgehead atoms. The summed E-state index contributed by atoms with van der Waals surface area (Å²) < 4.78 is 6.57. The van der Waals surface area contributed by atoms with Gasteiger partial charge in [-0.15, -0.1) is 0 Å². The average molecular weight is 555 g/mol. The van der Waals surface area contributed by atoms with E-state index in [1.54, 1.807) is 26.0 Å². The van der Waals surface area contributed by atoms with Gasteiger partial charge in [0.15, 0.2) is 5.69 Å². The molecule has 1 aromatic heterocycles. The Morgan fingerprint density at radius 2 is 1.76 bits per heavy atom. The van der Waals surface area contributed by atoms with Gasteiger partial charge in [0, 0.05) is 5.02 Å². The Hall–Kier alpha value is -4.02. The zero-order valence-corrected chi connectivity index (χ0v) is 21.9. The van der Waals surface area contributed by atoms with Crippen LogP contribution in [0.15, 0.2) is 47.6 Å². The Labute approximate surface area is 226 Å². The van der Waals surface area contributed by atoms with E-state index in [0.29, 0.717) is 11.4 Å². The number of oxime groups is 1. The van der Waals surface area contributed by atoms with Crippen LogP contribution in [0.1, 0.15) is 39.0 Å². The van der Waals surface area contributed by atoms with Crippen LogP contribution in [-0.2, 0) is 19.2 Å². The molecule has 2 amide bonds. The van der Waals surface area contributed by atoms with Crippen molar-refractivity contribution in [3.05, 3.63) is 75.0 Å². The van der Waals surface area contributed by atoms with Crippen LogP contribution >= 0.6 is 23.2 Å². The second kappa shape index (κ2) is 9.70. The summed E-state index contributed by atoms with van der Waals surface area (Å²) in [5.41, 5.74) is 1.33. The number of carbonyl (C=O) groups is 4. The summed E-state index contributed by atoms with van der Waals surface area (Å²) in [7, 11) is 0. The Kier molecular flexibility index (Phi) is 6.54. The molecule has 194 valence electrons. The van der Waals surface area contributed by atoms with Crippen LogP contribution in [0.2, 0.25) is 10.0 Å². The first kappa shape index (κ1) is 25.6. The number of hydrogen-bond acceptors (Lipinski definition) is 8. The van der Waals surface area contributed by atoms with E-state index in [2.05, 4.69) is 10.3 Å². The molecule has 5 rings (SSSR count). The lowest BCUT2D eigenvalue weighted by Crippen LogP contribution is -2.35. The molecule has 0 radical (unpaired) electrons. The fraction of sp³-hybridized carbons (Fsp3) is 0.231. The standard InChI is InChI=1S/C26H20Cl2N4O6/c1-4-37-26(36)21-18(13(3)32(29-21)15-8-5-12(2)6-9-15)22(33)20-19-23(38-30-20)25(35)31(24(19)34)17-11-14(27)7-10-16(17)28/h5-11,19,23H,4H2,1-3H3/t19-,23+/m1/s1. The summed E-state index contributed by atoms with van der Waals surface area (Å²) in [6.45, 7) is 5.21. The normalized spacial score (nSPS) is 18.3. The number of anilines is 1. The lowest BCUT2D eigenvalue weighted by molar-refractivity contribution is -0.126. The van der Waals surface area contributed by atoms with Crippen molar-refractivity contribution >= 4 is 58.2 Å². The topological polar surface area (TPSA) is 120 Å². The van der Waals surface area contributed by atoms with Crippen molar-refractivity contribution in [1.82, 2.24) is 9.78 Å². The highest BCUT2D eigenvalue weighted by Crippen LogP contribution is 2.38. The summed E-state index contributed by atoms with van der Waals surface area (Å²) in [5, 5.41) is 8.52. The van der Waals surface area contributed by atoms with E-state index in [9.17, 15) is 19.2 Å². The lowest BCUT2D eigenvalue weighted by Gasteiger charge is -2.17. The van der Waals surface area contributed by atoms with E-state index in [1.807, 2.05) is 19.1 Å². The maximum Gasteiger partial charge on any atom is 0.359 e. The number of aromatic nitrogens is 2. The molecule has 0 N–H and O–H groups in total. The number of esters is 1. The van der Waals surface area contributed by atoms with Crippen LogP contribution in [0.4, 0.5) is 5.69 Å². The number of ketones is 1. The van der Waals surface area contributed by atoms with Gasteiger partial charge in [-0.2, -0.15) is 5.10 Å². The minimum atomic E-state index is -1.37. The van der Waals surface area contributed by atoms with E-state index in [4.69, 9.17) is 32.8 Å². The number of carbonyl (C=O) groups excluding carboxylic acids is 4. The second-order valence-corrected chi connectivity index (χ2v) is 9.54. The molecule has 3 aromatic rings. The van der Waals surface area contributed by atoms with Gasteiger partial charge >= 0.3 is 5.97 Å². The third-order valence-corrected chi connectivity index (χ3v) is 6.84. The molecule has 0 aliphatic carbocycles. The number of rotatable bonds is 6. The maximum atomic E-state index is 13.9. The molecule has 12 heteroatoms. The van der Waals surface area contributed by atoms with Crippen molar-refractivity contribution in [2.45, 2.75) is 26.9 Å². The average Bonchev–Trinajstić information content (AvgIpc) is 3.54. The summed E-state index contributed by atoms with van der Waals surface area (Å²) in [4.78, 5) is 59.3. The van der Waals surface area contributed by atoms with Crippen LogP contribution in [0, 0.1) is 19.8 Å². The Morgan fingerprint density at radius 1 is 1.05 bits per heavy atom. The van der Waals surface area contributed by atoms with Gasteiger partial charge in [-0.3, -0.25) is 14.4 Å². The lowest BCUT2D eigenvalue weighted by atomic mass is 9.92. The zero-order chi connectivity index (χ0) is 27.3. The number of benzene rings is 2. The molecule has 0 unspecified atom stereocenters. The van der Waals surface area contributed by atoms with Gasteiger partial charge in [0.05, 0.1) is 34.3 Å². The molecule has 0 saturated carbocycles. The first-order chi connectivity index (χ1) is 18.1. The maximum absolute atomic E-state index is 13.9. The number of halogens is 2. The summed E-state index contributed by atoms with van der Waals surface area (Å²) in [6.07, 6.45) is -1.37. The molecule has 10 nitrogen and oxygen atoms in total. The number of imide groups is 1. The van der Waals surface area contributed by atoms with Crippen molar-refractivity contribution in [3.8, 4) is 5.69 Å². The second-order valence-electron chi connectivity index (χ2n) is 8.69. The van der Waals surface area contributed by atoms with Crippen LogP contribution in [-0.4, -0.2) is 51.8 Å². The smallest absolute Gasteiger partial charge is 0.359 e. The number of aryl methyl sites for hydroxylation is 1. The van der Waals surface area contributed by atoms with Crippen molar-refractivity contribution in [2.75, 3.05) is 11.5 Å². The third-order valence-electron chi connectivity index (χ3n) is 6.28. The molecule has 2 atom stereocenters. The molecule has 1 saturated heterocycles. The quantitative estimate of drug-likeness (QED) is 0.255. The number of hydrogen-bond donors (Lipinski definition) is 0. The van der Waals surface area contributed by atoms with Gasteiger partial charge in [-0.25, -0.2) is 14.4 Å². The largest absolute Gasteiger partial charge is 0.461 e. The highest BCUT2D eigenvalue weighted by molar-refractivity contribution is 6.53. The molecule has 0 spiro atoms. The Morgan fingerprint density at radius 3 is 2.45 bits per heavy atom. The van der Waals surface area contributed by atoms with Gasteiger partial charge in [0.1, 0.15) is 11.6 Å². The number of ether oxygens (including phenoxy) is 1. The van der Waals surface area contributed by atoms with Crippen molar-refractivity contribution in [3.63, 3.8) is 0 Å². The zero-order valence-electron chi connectivity index (χ0n) is 20.4. The van der Waals surface area contributed by atoms with E-state index in [1.165, 1.54) is 22.9 Å². The summed E-state index contributed by atoms with van der Waals surface area (Å²) in [5.74, 6) is -4.44. The van der Waals surface area contributed by atoms with Crippen LogP contribution in [0.25, 0.3) is 5.69 Å². The molecule has 38 heavy (non-hydrogen) atoms. The predicted octanol–water partition coefficient (Wildman–Crippen LogP) is 4.10. The van der Waals surface area contributed by atoms with E-state index >= 15 is 0 Å². The highest BCUT2D eigenvalue weighted by atomic mass is 35.5. The summed E-state index contributed by atoms with van der Waals surface area (Å²) >= 11 is 12.3. The van der Waals surface area contributed by atoms with Gasteiger partial charge in [0.2, 0.25) is 17.8 Å². The minimum absolute atomic E-state index is 0.0556. The molecule has 1 fully saturated rings. The molecule has 2 aliphatic heterocycles. The molecular formula is C26H20Cl2N4O6. The molecule has 2 aliphatic rings. The highest BCUT2D eigenvalue weighted by Gasteiger charge is 2.58. The Balaban J connectivity index is 1.56. The fourth-order valence-corrected chi connectivity index (χ4v) is 4.81. The van der Waals surface area contributed by atoms with Crippen molar-refractivity contribution < 1.29 is 28.8 Å². The van der Waals surface area contributed by atoms with Crippen LogP contribution in [0.3, 0.4) is 0 Å². The van der Waals surface area contributed by atoms with Crippen molar-refractivity contribution in [2.24, 2.45) is 11.1 Å². The van der Waals surface area contributed by atoms with Crippen LogP contribution in [0.5, 0.6) is 0 Å². The minimum Gasteiger partial charge on any atom is -0.461 e. The third kappa shape index (κ3) is 4.06. The first-order valence-electron chi connectivity index (χ1n) is 11.6. The van der Waals surface area contributed by atoms with Gasteiger partial charge < -0.3 is 9.57 Å². The van der Waals surface area contributed by atoms with Gasteiger partial charge in [-0.05, 0) is 51.1 Å². The molecular weight excluding hydrogens is 535 g/mol. The fourth-order valence-electron chi connectivity index (χ4n) is 4.44. The molecule has 2 aromatic carbocycles. The number of amides is 2. The van der Waals surface area contributed by atoms with Gasteiger partial charge in [-0.1, -0.05) is 46.1 Å². The monoisotopic (exact) mass is 554 g/mol. The Bertz CT molecular complexity index is 1550. The number of nitrogens with zero attached hydrogens (tertiary/aromatic N) is 4. The van der Waals surface area contributed by atoms with Gasteiger partial charge in [0.25, 0.3) is 5.91 Å².